The number of halogens is 3. The number of aryl methyl sites for hydroxylation is 1. The van der Waals surface area contributed by atoms with Crippen molar-refractivity contribution < 1.29 is 22.8 Å². The minimum atomic E-state index is -4.52. The first-order valence-electron chi connectivity index (χ1n) is 10.2. The molecule has 0 aliphatic rings. The van der Waals surface area contributed by atoms with Crippen LogP contribution in [0.4, 0.5) is 13.2 Å². The van der Waals surface area contributed by atoms with Crippen LogP contribution in [0.2, 0.25) is 0 Å². The first kappa shape index (κ1) is 22.9. The van der Waals surface area contributed by atoms with Crippen molar-refractivity contribution in [1.82, 2.24) is 29.9 Å². The van der Waals surface area contributed by atoms with Crippen LogP contribution in [0.5, 0.6) is 0 Å². The van der Waals surface area contributed by atoms with Crippen LogP contribution in [0.15, 0.2) is 61.2 Å². The molecule has 0 radical (unpaired) electrons. The van der Waals surface area contributed by atoms with Gasteiger partial charge in [-0.25, -0.2) is 14.3 Å². The third kappa shape index (κ3) is 4.58. The fourth-order valence-electron chi connectivity index (χ4n) is 3.52. The van der Waals surface area contributed by atoms with Gasteiger partial charge < -0.3 is 5.32 Å². The molecule has 0 aliphatic heterocycles. The highest BCUT2D eigenvalue weighted by Gasteiger charge is 2.31. The molecule has 0 atom stereocenters. The Hall–Kier alpha value is -4.28. The van der Waals surface area contributed by atoms with E-state index in [0.29, 0.717) is 0 Å². The summed E-state index contributed by atoms with van der Waals surface area (Å²) in [6, 6.07) is 11.8. The van der Waals surface area contributed by atoms with Crippen molar-refractivity contribution in [3.8, 4) is 11.4 Å². The summed E-state index contributed by atoms with van der Waals surface area (Å²) < 4.78 is 42.0. The Bertz CT molecular complexity index is 1340. The van der Waals surface area contributed by atoms with Gasteiger partial charge in [0.2, 0.25) is 0 Å². The van der Waals surface area contributed by atoms with Gasteiger partial charge in [0.25, 0.3) is 11.7 Å². The van der Waals surface area contributed by atoms with Gasteiger partial charge in [0.15, 0.2) is 0 Å². The number of amides is 1. The summed E-state index contributed by atoms with van der Waals surface area (Å²) in [4.78, 5) is 29.2. The lowest BCUT2D eigenvalue weighted by Gasteiger charge is -2.10. The van der Waals surface area contributed by atoms with E-state index >= 15 is 0 Å². The Balaban J connectivity index is 1.49. The highest BCUT2D eigenvalue weighted by atomic mass is 19.4. The largest absolute Gasteiger partial charge is 0.416 e. The molecule has 8 nitrogen and oxygen atoms in total. The molecule has 4 aromatic rings. The number of benzene rings is 2. The highest BCUT2D eigenvalue weighted by Crippen LogP contribution is 2.31. The number of aromatic nitrogens is 5. The number of carbonyl (C=O) groups excluding carboxylic acids is 2. The molecule has 0 saturated carbocycles. The molecule has 2 heterocycles. The standard InChI is InChI=1S/C23H19F3N6O2/c1-14-20(15(2)32(30-14)19-5-3-4-17(10-19)23(24,25)26)21(33)22(34)28-11-16-6-8-18(9-7-16)31-13-27-12-29-31/h3-10,12-13H,11H2,1-2H3,(H,28,34). The number of hydrogen-bond acceptors (Lipinski definition) is 5. The number of ketones is 1. The summed E-state index contributed by atoms with van der Waals surface area (Å²) >= 11 is 0. The van der Waals surface area contributed by atoms with Crippen LogP contribution in [-0.4, -0.2) is 36.2 Å². The molecule has 0 aliphatic carbocycles. The number of alkyl halides is 3. The molecule has 34 heavy (non-hydrogen) atoms. The van der Waals surface area contributed by atoms with E-state index in [4.69, 9.17) is 0 Å². The SMILES string of the molecule is Cc1nn(-c2cccc(C(F)(F)F)c2)c(C)c1C(=O)C(=O)NCc1ccc(-n2cncn2)cc1. The Morgan fingerprint density at radius 1 is 1.03 bits per heavy atom. The van der Waals surface area contributed by atoms with Crippen LogP contribution in [-0.2, 0) is 17.5 Å². The predicted molar refractivity (Wildman–Crippen MR) is 116 cm³/mol. The zero-order chi connectivity index (χ0) is 24.5. The molecule has 4 rings (SSSR count). The molecule has 0 spiro atoms. The fourth-order valence-corrected chi connectivity index (χ4v) is 3.52. The Morgan fingerprint density at radius 2 is 1.76 bits per heavy atom. The molecule has 0 saturated heterocycles. The maximum atomic E-state index is 13.1. The first-order valence-corrected chi connectivity index (χ1v) is 10.2. The minimum Gasteiger partial charge on any atom is -0.345 e. The van der Waals surface area contributed by atoms with E-state index in [1.807, 2.05) is 0 Å². The maximum absolute atomic E-state index is 13.1. The summed E-state index contributed by atoms with van der Waals surface area (Å²) in [5.41, 5.74) is 1.42. The second-order valence-corrected chi connectivity index (χ2v) is 7.52. The quantitative estimate of drug-likeness (QED) is 0.345. The number of rotatable bonds is 6. The third-order valence-corrected chi connectivity index (χ3v) is 5.22. The summed E-state index contributed by atoms with van der Waals surface area (Å²) in [5, 5.41) is 10.8. The fraction of sp³-hybridized carbons (Fsp3) is 0.174. The van der Waals surface area contributed by atoms with Gasteiger partial charge in [-0.2, -0.15) is 23.4 Å². The van der Waals surface area contributed by atoms with Gasteiger partial charge in [-0.15, -0.1) is 0 Å². The Labute approximate surface area is 192 Å². The Kier molecular flexibility index (Phi) is 6.01. The zero-order valence-electron chi connectivity index (χ0n) is 18.2. The van der Waals surface area contributed by atoms with E-state index in [1.165, 1.54) is 37.0 Å². The van der Waals surface area contributed by atoms with Crippen LogP contribution in [0.25, 0.3) is 11.4 Å². The van der Waals surface area contributed by atoms with Crippen molar-refractivity contribution in [2.24, 2.45) is 0 Å². The summed E-state index contributed by atoms with van der Waals surface area (Å²) in [5.74, 6) is -1.65. The molecule has 1 N–H and O–H groups in total. The van der Waals surface area contributed by atoms with E-state index in [0.717, 1.165) is 23.4 Å². The second-order valence-electron chi connectivity index (χ2n) is 7.52. The lowest BCUT2D eigenvalue weighted by atomic mass is 10.1. The molecule has 2 aromatic carbocycles. The maximum Gasteiger partial charge on any atom is 0.416 e. The summed E-state index contributed by atoms with van der Waals surface area (Å²) in [7, 11) is 0. The van der Waals surface area contributed by atoms with Crippen LogP contribution < -0.4 is 5.32 Å². The van der Waals surface area contributed by atoms with Gasteiger partial charge >= 0.3 is 6.18 Å². The van der Waals surface area contributed by atoms with Gasteiger partial charge in [0.05, 0.1) is 33.9 Å². The van der Waals surface area contributed by atoms with Crippen molar-refractivity contribution in [2.75, 3.05) is 0 Å². The van der Waals surface area contributed by atoms with Crippen LogP contribution in [0.3, 0.4) is 0 Å². The highest BCUT2D eigenvalue weighted by molar-refractivity contribution is 6.43. The molecule has 11 heteroatoms. The van der Waals surface area contributed by atoms with Gasteiger partial charge in [-0.3, -0.25) is 9.59 Å². The van der Waals surface area contributed by atoms with Gasteiger partial charge in [-0.1, -0.05) is 18.2 Å². The van der Waals surface area contributed by atoms with Crippen LogP contribution >= 0.6 is 0 Å². The molecule has 174 valence electrons. The molecule has 0 unspecified atom stereocenters. The monoisotopic (exact) mass is 468 g/mol. The number of nitrogens with zero attached hydrogens (tertiary/aromatic N) is 5. The molecule has 1 amide bonds. The van der Waals surface area contributed by atoms with E-state index in [-0.39, 0.29) is 29.2 Å². The smallest absolute Gasteiger partial charge is 0.345 e. The van der Waals surface area contributed by atoms with Crippen molar-refractivity contribution >= 4 is 11.7 Å². The van der Waals surface area contributed by atoms with Crippen molar-refractivity contribution in [1.29, 1.82) is 0 Å². The average molecular weight is 468 g/mol. The van der Waals surface area contributed by atoms with E-state index in [1.54, 1.807) is 35.3 Å². The van der Waals surface area contributed by atoms with Crippen molar-refractivity contribution in [3.63, 3.8) is 0 Å². The zero-order valence-corrected chi connectivity index (χ0v) is 18.2. The third-order valence-electron chi connectivity index (χ3n) is 5.22. The van der Waals surface area contributed by atoms with Gasteiger partial charge in [0, 0.05) is 6.54 Å². The molecular weight excluding hydrogens is 449 g/mol. The second kappa shape index (κ2) is 8.93. The Morgan fingerprint density at radius 3 is 2.41 bits per heavy atom. The topological polar surface area (TPSA) is 94.7 Å². The number of carbonyl (C=O) groups is 2. The molecule has 0 bridgehead atoms. The predicted octanol–water partition coefficient (Wildman–Crippen LogP) is 3.59. The van der Waals surface area contributed by atoms with Gasteiger partial charge in [0.1, 0.15) is 12.7 Å². The lowest BCUT2D eigenvalue weighted by Crippen LogP contribution is -2.31. The van der Waals surface area contributed by atoms with Gasteiger partial charge in [-0.05, 0) is 49.7 Å². The molecular formula is C23H19F3N6O2. The molecule has 0 fully saturated rings. The van der Waals surface area contributed by atoms with Crippen LogP contribution in [0, 0.1) is 13.8 Å². The molecule has 2 aromatic heterocycles. The van der Waals surface area contributed by atoms with Crippen molar-refractivity contribution in [2.45, 2.75) is 26.6 Å². The lowest BCUT2D eigenvalue weighted by molar-refractivity contribution is -0.137. The normalized spacial score (nSPS) is 11.4. The number of hydrogen-bond donors (Lipinski definition) is 1. The van der Waals surface area contributed by atoms with E-state index in [2.05, 4.69) is 20.5 Å². The first-order chi connectivity index (χ1) is 16.1. The van der Waals surface area contributed by atoms with E-state index < -0.39 is 23.4 Å². The number of nitrogens with one attached hydrogen (secondary N) is 1. The summed E-state index contributed by atoms with van der Waals surface area (Å²) in [6.45, 7) is 3.17. The minimum absolute atomic E-state index is 0.0523. The van der Waals surface area contributed by atoms with E-state index in [9.17, 15) is 22.8 Å². The average Bonchev–Trinajstić information content (AvgIpc) is 3.45. The van der Waals surface area contributed by atoms with Crippen molar-refractivity contribution in [3.05, 3.63) is 89.3 Å². The van der Waals surface area contributed by atoms with Crippen LogP contribution in [0.1, 0.15) is 32.9 Å². The summed E-state index contributed by atoms with van der Waals surface area (Å²) in [6.07, 6.45) is -1.54. The number of Topliss-reactive ketones (excluding diaryl/α,β-unsaturated/α-hetero) is 1.